The number of nitrogens with zero attached hydrogens (tertiary/aromatic N) is 4. The normalized spacial score (nSPS) is 9.94. The number of nitriles is 1. The molecule has 0 saturated carbocycles. The minimum atomic E-state index is -0.531. The molecule has 0 amide bonds. The molecule has 0 radical (unpaired) electrons. The molecule has 0 spiro atoms. The lowest BCUT2D eigenvalue weighted by atomic mass is 10.1. The van der Waals surface area contributed by atoms with E-state index in [1.807, 2.05) is 6.07 Å². The van der Waals surface area contributed by atoms with Crippen LogP contribution >= 0.6 is 0 Å². The molecule has 0 bridgehead atoms. The summed E-state index contributed by atoms with van der Waals surface area (Å²) in [5, 5.41) is 19.4. The lowest BCUT2D eigenvalue weighted by molar-refractivity contribution is -0.383. The first-order valence-electron chi connectivity index (χ1n) is 5.06. The fourth-order valence-corrected chi connectivity index (χ4v) is 1.62. The number of nitro benzene ring substituents is 1. The van der Waals surface area contributed by atoms with Crippen LogP contribution in [0.15, 0.2) is 30.6 Å². The van der Waals surface area contributed by atoms with Crippen LogP contribution in [0.3, 0.4) is 0 Å². The van der Waals surface area contributed by atoms with Gasteiger partial charge in [0.25, 0.3) is 5.69 Å². The summed E-state index contributed by atoms with van der Waals surface area (Å²) in [6.45, 7) is 0.394. The Labute approximate surface area is 102 Å². The fraction of sp³-hybridized carbons (Fsp3) is 0.0909. The molecule has 2 rings (SSSR count). The average Bonchev–Trinajstić information content (AvgIpc) is 2.76. The predicted molar refractivity (Wildman–Crippen MR) is 63.6 cm³/mol. The van der Waals surface area contributed by atoms with Gasteiger partial charge in [-0.05, 0) is 11.6 Å². The van der Waals surface area contributed by atoms with Gasteiger partial charge in [0.05, 0.1) is 4.92 Å². The quantitative estimate of drug-likeness (QED) is 0.496. The second-order valence-corrected chi connectivity index (χ2v) is 3.64. The van der Waals surface area contributed by atoms with E-state index in [1.165, 1.54) is 18.3 Å². The Balaban J connectivity index is 2.29. The second-order valence-electron chi connectivity index (χ2n) is 3.64. The zero-order valence-corrected chi connectivity index (χ0v) is 9.28. The summed E-state index contributed by atoms with van der Waals surface area (Å²) in [7, 11) is 0. The van der Waals surface area contributed by atoms with Crippen molar-refractivity contribution in [3.8, 4) is 6.07 Å². The van der Waals surface area contributed by atoms with E-state index in [2.05, 4.69) is 4.98 Å². The highest BCUT2D eigenvalue weighted by atomic mass is 16.6. The number of nitrogen functional groups attached to an aromatic ring is 1. The monoisotopic (exact) mass is 243 g/mol. The number of hydrogen-bond acceptors (Lipinski definition) is 5. The van der Waals surface area contributed by atoms with Crippen LogP contribution in [0.25, 0.3) is 0 Å². The van der Waals surface area contributed by atoms with Gasteiger partial charge >= 0.3 is 0 Å². The topological polar surface area (TPSA) is 111 Å². The third-order valence-electron chi connectivity index (χ3n) is 2.46. The zero-order valence-electron chi connectivity index (χ0n) is 9.28. The summed E-state index contributed by atoms with van der Waals surface area (Å²) < 4.78 is 1.64. The minimum absolute atomic E-state index is 0.108. The number of benzene rings is 1. The van der Waals surface area contributed by atoms with Crippen LogP contribution < -0.4 is 5.73 Å². The highest BCUT2D eigenvalue weighted by Crippen LogP contribution is 2.22. The molecule has 1 heterocycles. The standard InChI is InChI=1S/C11H9N5O2/c12-6-11-14-3-4-15(11)7-8-1-2-10(16(17)18)9(13)5-8/h1-5H,7,13H2. The Kier molecular flexibility index (Phi) is 2.93. The number of rotatable bonds is 3. The predicted octanol–water partition coefficient (Wildman–Crippen LogP) is 1.29. The molecule has 2 N–H and O–H groups in total. The van der Waals surface area contributed by atoms with Gasteiger partial charge in [0.2, 0.25) is 5.82 Å². The molecular weight excluding hydrogens is 234 g/mol. The highest BCUT2D eigenvalue weighted by Gasteiger charge is 2.11. The number of anilines is 1. The molecule has 18 heavy (non-hydrogen) atoms. The van der Waals surface area contributed by atoms with Gasteiger partial charge in [-0.15, -0.1) is 0 Å². The van der Waals surface area contributed by atoms with Crippen molar-refractivity contribution in [3.63, 3.8) is 0 Å². The van der Waals surface area contributed by atoms with Crippen molar-refractivity contribution in [2.75, 3.05) is 5.73 Å². The van der Waals surface area contributed by atoms with Crippen LogP contribution in [-0.4, -0.2) is 14.5 Å². The molecule has 7 nitrogen and oxygen atoms in total. The van der Waals surface area contributed by atoms with E-state index < -0.39 is 4.92 Å². The van der Waals surface area contributed by atoms with Crippen LogP contribution in [0.1, 0.15) is 11.4 Å². The van der Waals surface area contributed by atoms with Crippen molar-refractivity contribution in [1.82, 2.24) is 9.55 Å². The van der Waals surface area contributed by atoms with E-state index in [9.17, 15) is 10.1 Å². The maximum absolute atomic E-state index is 10.6. The van der Waals surface area contributed by atoms with Crippen molar-refractivity contribution < 1.29 is 4.92 Å². The molecule has 0 fully saturated rings. The van der Waals surface area contributed by atoms with Crippen molar-refractivity contribution in [3.05, 3.63) is 52.1 Å². The Hall–Kier alpha value is -2.88. The molecule has 1 aromatic heterocycles. The average molecular weight is 243 g/mol. The smallest absolute Gasteiger partial charge is 0.292 e. The van der Waals surface area contributed by atoms with Crippen LogP contribution in [-0.2, 0) is 6.54 Å². The molecule has 0 aliphatic carbocycles. The van der Waals surface area contributed by atoms with Gasteiger partial charge in [0.15, 0.2) is 0 Å². The maximum atomic E-state index is 10.6. The van der Waals surface area contributed by atoms with Crippen molar-refractivity contribution in [2.24, 2.45) is 0 Å². The van der Waals surface area contributed by atoms with E-state index >= 15 is 0 Å². The minimum Gasteiger partial charge on any atom is -0.393 e. The third-order valence-corrected chi connectivity index (χ3v) is 2.46. The van der Waals surface area contributed by atoms with Crippen LogP contribution in [0.4, 0.5) is 11.4 Å². The first-order chi connectivity index (χ1) is 8.61. The number of nitrogens with two attached hydrogens (primary N) is 1. The summed E-state index contributed by atoms with van der Waals surface area (Å²) in [5.74, 6) is 0.284. The molecule has 0 atom stereocenters. The van der Waals surface area contributed by atoms with E-state index in [0.717, 1.165) is 5.56 Å². The molecule has 90 valence electrons. The molecule has 0 aliphatic heterocycles. The lowest BCUT2D eigenvalue weighted by Crippen LogP contribution is -2.03. The van der Waals surface area contributed by atoms with Gasteiger partial charge < -0.3 is 10.3 Å². The maximum Gasteiger partial charge on any atom is 0.292 e. The van der Waals surface area contributed by atoms with Gasteiger partial charge in [0, 0.05) is 25.0 Å². The molecule has 0 aliphatic rings. The van der Waals surface area contributed by atoms with Gasteiger partial charge in [0.1, 0.15) is 11.8 Å². The number of hydrogen-bond donors (Lipinski definition) is 1. The first kappa shape index (κ1) is 11.6. The highest BCUT2D eigenvalue weighted by molar-refractivity contribution is 5.59. The van der Waals surface area contributed by atoms with Crippen molar-refractivity contribution >= 4 is 11.4 Å². The van der Waals surface area contributed by atoms with E-state index in [0.29, 0.717) is 6.54 Å². The molecule has 1 aromatic carbocycles. The SMILES string of the molecule is N#Cc1nccn1Cc1ccc([N+](=O)[O-])c(N)c1. The number of imidazole rings is 1. The molecule has 7 heteroatoms. The van der Waals surface area contributed by atoms with Gasteiger partial charge in [-0.25, -0.2) is 4.98 Å². The van der Waals surface area contributed by atoms with E-state index in [-0.39, 0.29) is 17.2 Å². The Bertz CT molecular complexity index is 641. The zero-order chi connectivity index (χ0) is 13.1. The summed E-state index contributed by atoms with van der Waals surface area (Å²) in [6, 6.07) is 6.44. The Morgan fingerprint density at radius 3 is 2.94 bits per heavy atom. The van der Waals surface area contributed by atoms with Gasteiger partial charge in [-0.1, -0.05) is 6.07 Å². The number of aromatic nitrogens is 2. The van der Waals surface area contributed by atoms with Crippen LogP contribution in [0, 0.1) is 21.4 Å². The molecule has 0 unspecified atom stereocenters. The van der Waals surface area contributed by atoms with Gasteiger partial charge in [-0.2, -0.15) is 5.26 Å². The largest absolute Gasteiger partial charge is 0.393 e. The van der Waals surface area contributed by atoms with Crippen molar-refractivity contribution in [2.45, 2.75) is 6.54 Å². The molecular formula is C11H9N5O2. The lowest BCUT2D eigenvalue weighted by Gasteiger charge is -2.05. The Morgan fingerprint density at radius 2 is 2.33 bits per heavy atom. The Morgan fingerprint density at radius 1 is 1.56 bits per heavy atom. The molecule has 0 saturated heterocycles. The summed E-state index contributed by atoms with van der Waals surface area (Å²) in [4.78, 5) is 13.9. The molecule has 2 aromatic rings. The van der Waals surface area contributed by atoms with Crippen molar-refractivity contribution in [1.29, 1.82) is 5.26 Å². The fourth-order valence-electron chi connectivity index (χ4n) is 1.62. The first-order valence-corrected chi connectivity index (χ1v) is 5.06. The van der Waals surface area contributed by atoms with Crippen LogP contribution in [0.5, 0.6) is 0 Å². The van der Waals surface area contributed by atoms with Gasteiger partial charge in [-0.3, -0.25) is 10.1 Å². The summed E-state index contributed by atoms with van der Waals surface area (Å²) >= 11 is 0. The van der Waals surface area contributed by atoms with Crippen LogP contribution in [0.2, 0.25) is 0 Å². The third kappa shape index (κ3) is 2.12. The number of nitro groups is 1. The van der Waals surface area contributed by atoms with E-state index in [4.69, 9.17) is 11.0 Å². The van der Waals surface area contributed by atoms with E-state index in [1.54, 1.807) is 16.8 Å². The summed E-state index contributed by atoms with van der Waals surface area (Å²) in [5.41, 5.74) is 6.35. The second kappa shape index (κ2) is 4.55. The summed E-state index contributed by atoms with van der Waals surface area (Å²) in [6.07, 6.45) is 3.18.